The Hall–Kier alpha value is -3.66. The molecule has 2 aromatic heterocycles. The van der Waals surface area contributed by atoms with Crippen LogP contribution in [0.5, 0.6) is 0 Å². The minimum Gasteiger partial charge on any atom is -0.337 e. The number of anilines is 1. The predicted octanol–water partition coefficient (Wildman–Crippen LogP) is 4.21. The van der Waals surface area contributed by atoms with Gasteiger partial charge >= 0.3 is 0 Å². The highest BCUT2D eigenvalue weighted by molar-refractivity contribution is 7.22. The van der Waals surface area contributed by atoms with Crippen molar-refractivity contribution < 1.29 is 14.1 Å². The fraction of sp³-hybridized carbons (Fsp3) is 0.190. The number of nitro benzene ring substituents is 1. The van der Waals surface area contributed by atoms with Gasteiger partial charge in [-0.3, -0.25) is 19.8 Å². The van der Waals surface area contributed by atoms with E-state index in [-0.39, 0.29) is 23.8 Å². The molecule has 31 heavy (non-hydrogen) atoms. The van der Waals surface area contributed by atoms with Crippen molar-refractivity contribution in [2.75, 3.05) is 11.4 Å². The molecule has 0 fully saturated rings. The summed E-state index contributed by atoms with van der Waals surface area (Å²) in [4.78, 5) is 33.6. The number of benzene rings is 2. The van der Waals surface area contributed by atoms with Gasteiger partial charge in [0.1, 0.15) is 5.82 Å². The monoisotopic (exact) mass is 439 g/mol. The Balaban J connectivity index is 1.55. The van der Waals surface area contributed by atoms with Gasteiger partial charge < -0.3 is 4.57 Å². The molecule has 0 spiro atoms. The van der Waals surface area contributed by atoms with Crippen molar-refractivity contribution in [3.05, 3.63) is 82.7 Å². The van der Waals surface area contributed by atoms with Gasteiger partial charge in [-0.25, -0.2) is 14.4 Å². The standard InChI is InChI=1S/C21H18FN5O3S/c22-16-4-7-18-19(13-16)31-21(24-18)26(10-1-9-25-11-8-23-14-25)20(28)12-15-2-5-17(6-3-15)27(29)30/h2-8,11,13-14H,1,9-10,12H2. The average molecular weight is 439 g/mol. The van der Waals surface area contributed by atoms with Crippen LogP contribution in [0.3, 0.4) is 0 Å². The van der Waals surface area contributed by atoms with Crippen molar-refractivity contribution in [2.45, 2.75) is 19.4 Å². The fourth-order valence-electron chi connectivity index (χ4n) is 3.16. The molecule has 0 N–H and O–H groups in total. The van der Waals surface area contributed by atoms with Gasteiger partial charge in [0.2, 0.25) is 5.91 Å². The first-order chi connectivity index (χ1) is 15.0. The number of halogens is 1. The van der Waals surface area contributed by atoms with Crippen LogP contribution in [0, 0.1) is 15.9 Å². The van der Waals surface area contributed by atoms with E-state index in [1.54, 1.807) is 35.6 Å². The first kappa shape index (κ1) is 20.6. The first-order valence-electron chi connectivity index (χ1n) is 9.55. The molecule has 0 unspecified atom stereocenters. The van der Waals surface area contributed by atoms with Gasteiger partial charge in [-0.2, -0.15) is 0 Å². The summed E-state index contributed by atoms with van der Waals surface area (Å²) in [5.74, 6) is -0.537. The van der Waals surface area contributed by atoms with Crippen LogP contribution in [0.4, 0.5) is 15.2 Å². The maximum Gasteiger partial charge on any atom is 0.269 e. The largest absolute Gasteiger partial charge is 0.337 e. The second kappa shape index (κ2) is 9.00. The number of thiazole rings is 1. The van der Waals surface area contributed by atoms with Crippen molar-refractivity contribution >= 4 is 38.3 Å². The van der Waals surface area contributed by atoms with Crippen LogP contribution in [0.1, 0.15) is 12.0 Å². The van der Waals surface area contributed by atoms with Crippen molar-refractivity contribution in [3.63, 3.8) is 0 Å². The maximum atomic E-state index is 13.6. The normalized spacial score (nSPS) is 11.0. The van der Waals surface area contributed by atoms with Crippen LogP contribution in [0.25, 0.3) is 10.2 Å². The Bertz CT molecular complexity index is 1210. The lowest BCUT2D eigenvalue weighted by Gasteiger charge is -2.20. The number of carbonyl (C=O) groups is 1. The van der Waals surface area contributed by atoms with Crippen molar-refractivity contribution in [1.29, 1.82) is 0 Å². The summed E-state index contributed by atoms with van der Waals surface area (Å²) in [6.45, 7) is 1.10. The molecule has 0 aliphatic heterocycles. The number of fused-ring (bicyclic) bond motifs is 1. The van der Waals surface area contributed by atoms with E-state index in [2.05, 4.69) is 9.97 Å². The first-order valence-corrected chi connectivity index (χ1v) is 10.4. The van der Waals surface area contributed by atoms with E-state index in [0.29, 0.717) is 40.4 Å². The average Bonchev–Trinajstić information content (AvgIpc) is 3.40. The van der Waals surface area contributed by atoms with Gasteiger partial charge in [-0.15, -0.1) is 0 Å². The summed E-state index contributed by atoms with van der Waals surface area (Å²) >= 11 is 1.26. The van der Waals surface area contributed by atoms with Crippen LogP contribution >= 0.6 is 11.3 Å². The van der Waals surface area contributed by atoms with E-state index in [1.807, 2.05) is 10.8 Å². The lowest BCUT2D eigenvalue weighted by Crippen LogP contribution is -2.33. The highest BCUT2D eigenvalue weighted by Crippen LogP contribution is 2.30. The molecule has 4 rings (SSSR count). The number of aromatic nitrogens is 3. The Morgan fingerprint density at radius 1 is 1.23 bits per heavy atom. The van der Waals surface area contributed by atoms with Crippen LogP contribution < -0.4 is 4.90 Å². The summed E-state index contributed by atoms with van der Waals surface area (Å²) in [6.07, 6.45) is 6.01. The second-order valence-corrected chi connectivity index (χ2v) is 7.92. The van der Waals surface area contributed by atoms with Gasteiger partial charge in [0.25, 0.3) is 5.69 Å². The summed E-state index contributed by atoms with van der Waals surface area (Å²) in [6, 6.07) is 10.3. The van der Waals surface area contributed by atoms with Crippen LogP contribution in [0.15, 0.2) is 61.2 Å². The third kappa shape index (κ3) is 4.92. The number of aryl methyl sites for hydroxylation is 1. The molecule has 2 aromatic carbocycles. The molecule has 8 nitrogen and oxygen atoms in total. The maximum absolute atomic E-state index is 13.6. The molecule has 0 saturated carbocycles. The zero-order chi connectivity index (χ0) is 21.8. The Labute approximate surface area is 180 Å². The highest BCUT2D eigenvalue weighted by Gasteiger charge is 2.20. The van der Waals surface area contributed by atoms with Crippen LogP contribution in [-0.4, -0.2) is 31.9 Å². The second-order valence-electron chi connectivity index (χ2n) is 6.91. The molecule has 0 aliphatic carbocycles. The van der Waals surface area contributed by atoms with E-state index >= 15 is 0 Å². The van der Waals surface area contributed by atoms with Crippen LogP contribution in [-0.2, 0) is 17.8 Å². The van der Waals surface area contributed by atoms with Crippen molar-refractivity contribution in [2.24, 2.45) is 0 Å². The predicted molar refractivity (Wildman–Crippen MR) is 116 cm³/mol. The van der Waals surface area contributed by atoms with E-state index in [9.17, 15) is 19.3 Å². The molecule has 0 aliphatic rings. The number of amides is 1. The highest BCUT2D eigenvalue weighted by atomic mass is 32.1. The number of hydrogen-bond donors (Lipinski definition) is 0. The van der Waals surface area contributed by atoms with Crippen LogP contribution in [0.2, 0.25) is 0 Å². The van der Waals surface area contributed by atoms with E-state index in [0.717, 1.165) is 0 Å². The Kier molecular flexibility index (Phi) is 5.99. The number of imidazole rings is 1. The molecule has 0 atom stereocenters. The molecule has 158 valence electrons. The van der Waals surface area contributed by atoms with Gasteiger partial charge in [0.15, 0.2) is 5.13 Å². The third-order valence-electron chi connectivity index (χ3n) is 4.73. The Morgan fingerprint density at radius 3 is 2.74 bits per heavy atom. The fourth-order valence-corrected chi connectivity index (χ4v) is 4.20. The molecular weight excluding hydrogens is 421 g/mol. The SMILES string of the molecule is O=C(Cc1ccc([N+](=O)[O-])cc1)N(CCCn1ccnc1)c1nc2ccc(F)cc2s1. The third-order valence-corrected chi connectivity index (χ3v) is 5.77. The Morgan fingerprint density at radius 2 is 2.03 bits per heavy atom. The van der Waals surface area contributed by atoms with Gasteiger partial charge in [0, 0.05) is 37.6 Å². The quantitative estimate of drug-likeness (QED) is 0.303. The summed E-state index contributed by atoms with van der Waals surface area (Å²) in [5, 5.41) is 11.3. The number of carbonyl (C=O) groups excluding carboxylic acids is 1. The molecule has 4 aromatic rings. The molecule has 0 bridgehead atoms. The van der Waals surface area contributed by atoms with Gasteiger partial charge in [-0.1, -0.05) is 23.5 Å². The molecular formula is C21H18FN5O3S. The van der Waals surface area contributed by atoms with Crippen molar-refractivity contribution in [3.8, 4) is 0 Å². The smallest absolute Gasteiger partial charge is 0.269 e. The minimum absolute atomic E-state index is 0.0263. The van der Waals surface area contributed by atoms with Crippen molar-refractivity contribution in [1.82, 2.24) is 14.5 Å². The summed E-state index contributed by atoms with van der Waals surface area (Å²) in [5.41, 5.74) is 1.27. The molecule has 0 saturated heterocycles. The summed E-state index contributed by atoms with van der Waals surface area (Å²) < 4.78 is 16.2. The summed E-state index contributed by atoms with van der Waals surface area (Å²) in [7, 11) is 0. The van der Waals surface area contributed by atoms with E-state index < -0.39 is 4.92 Å². The number of rotatable bonds is 8. The molecule has 1 amide bonds. The number of non-ortho nitro benzene ring substituents is 1. The molecule has 2 heterocycles. The van der Waals surface area contributed by atoms with Gasteiger partial charge in [0.05, 0.1) is 27.9 Å². The minimum atomic E-state index is -0.478. The van der Waals surface area contributed by atoms with E-state index in [4.69, 9.17) is 0 Å². The van der Waals surface area contributed by atoms with E-state index in [1.165, 1.54) is 35.6 Å². The lowest BCUT2D eigenvalue weighted by molar-refractivity contribution is -0.384. The number of hydrogen-bond acceptors (Lipinski definition) is 6. The zero-order valence-corrected chi connectivity index (χ0v) is 17.2. The number of nitrogens with zero attached hydrogens (tertiary/aromatic N) is 5. The lowest BCUT2D eigenvalue weighted by atomic mass is 10.1. The molecule has 0 radical (unpaired) electrons. The zero-order valence-electron chi connectivity index (χ0n) is 16.3. The topological polar surface area (TPSA) is 94.2 Å². The number of nitro groups is 1. The molecule has 10 heteroatoms. The van der Waals surface area contributed by atoms with Gasteiger partial charge in [-0.05, 0) is 30.2 Å².